The van der Waals surface area contributed by atoms with Crippen LogP contribution in [0.4, 0.5) is 0 Å². The number of carboxylic acid groups (broad SMARTS) is 1. The lowest BCUT2D eigenvalue weighted by molar-refractivity contribution is -0.136. The van der Waals surface area contributed by atoms with Gasteiger partial charge in [0.25, 0.3) is 0 Å². The van der Waals surface area contributed by atoms with Crippen LogP contribution in [0.25, 0.3) is 0 Å². The Bertz CT molecular complexity index is 487. The van der Waals surface area contributed by atoms with Crippen LogP contribution in [0, 0.1) is 0 Å². The molecule has 0 aliphatic heterocycles. The smallest absolute Gasteiger partial charge is 0.304 e. The third kappa shape index (κ3) is 3.96. The van der Waals surface area contributed by atoms with E-state index >= 15 is 0 Å². The molecule has 1 aromatic rings. The average Bonchev–Trinajstić information content (AvgIpc) is 2.28. The Morgan fingerprint density at radius 2 is 2.00 bits per heavy atom. The molecule has 0 saturated heterocycles. The van der Waals surface area contributed by atoms with E-state index in [0.717, 1.165) is 0 Å². The van der Waals surface area contributed by atoms with Gasteiger partial charge in [0.2, 0.25) is 5.91 Å². The SMILES string of the molecule is CC(CC(=O)O)S(=O)Cc1ccccc1C(N)=O. The second kappa shape index (κ2) is 6.30. The van der Waals surface area contributed by atoms with Gasteiger partial charge in [0.1, 0.15) is 0 Å². The summed E-state index contributed by atoms with van der Waals surface area (Å²) in [6.07, 6.45) is -0.161. The van der Waals surface area contributed by atoms with Crippen molar-refractivity contribution in [1.29, 1.82) is 0 Å². The zero-order valence-electron chi connectivity index (χ0n) is 9.96. The number of aliphatic carboxylic acids is 1. The first-order valence-electron chi connectivity index (χ1n) is 5.38. The van der Waals surface area contributed by atoms with Gasteiger partial charge in [-0.2, -0.15) is 0 Å². The number of carbonyl (C=O) groups is 2. The molecule has 0 saturated carbocycles. The molecule has 5 nitrogen and oxygen atoms in total. The van der Waals surface area contributed by atoms with Gasteiger partial charge in [-0.1, -0.05) is 25.1 Å². The molecule has 6 heteroatoms. The molecule has 1 amide bonds. The highest BCUT2D eigenvalue weighted by atomic mass is 32.2. The molecule has 2 atom stereocenters. The highest BCUT2D eigenvalue weighted by molar-refractivity contribution is 7.84. The first-order valence-corrected chi connectivity index (χ1v) is 6.76. The monoisotopic (exact) mass is 269 g/mol. The van der Waals surface area contributed by atoms with Crippen molar-refractivity contribution >= 4 is 22.7 Å². The fourth-order valence-electron chi connectivity index (χ4n) is 1.52. The van der Waals surface area contributed by atoms with Crippen LogP contribution in [0.15, 0.2) is 24.3 Å². The Morgan fingerprint density at radius 1 is 1.39 bits per heavy atom. The largest absolute Gasteiger partial charge is 0.481 e. The number of primary amides is 1. The molecule has 0 aliphatic carbocycles. The Kier molecular flexibility index (Phi) is 5.03. The van der Waals surface area contributed by atoms with Crippen molar-refractivity contribution < 1.29 is 18.9 Å². The minimum Gasteiger partial charge on any atom is -0.481 e. The maximum atomic E-state index is 11.9. The van der Waals surface area contributed by atoms with Gasteiger partial charge >= 0.3 is 5.97 Å². The van der Waals surface area contributed by atoms with E-state index < -0.39 is 27.9 Å². The van der Waals surface area contributed by atoms with Crippen molar-refractivity contribution in [3.8, 4) is 0 Å². The Hall–Kier alpha value is -1.69. The van der Waals surface area contributed by atoms with E-state index in [9.17, 15) is 13.8 Å². The Labute approximate surface area is 107 Å². The minimum atomic E-state index is -1.35. The van der Waals surface area contributed by atoms with E-state index in [1.54, 1.807) is 31.2 Å². The van der Waals surface area contributed by atoms with Crippen molar-refractivity contribution in [2.75, 3.05) is 0 Å². The van der Waals surface area contributed by atoms with Gasteiger partial charge < -0.3 is 10.8 Å². The molecule has 2 unspecified atom stereocenters. The van der Waals surface area contributed by atoms with Crippen LogP contribution >= 0.6 is 0 Å². The predicted octanol–water partition coefficient (Wildman–Crippen LogP) is 0.897. The van der Waals surface area contributed by atoms with Crippen LogP contribution in [0.3, 0.4) is 0 Å². The fraction of sp³-hybridized carbons (Fsp3) is 0.333. The van der Waals surface area contributed by atoms with Crippen molar-refractivity contribution in [3.63, 3.8) is 0 Å². The molecular weight excluding hydrogens is 254 g/mol. The van der Waals surface area contributed by atoms with Gasteiger partial charge in [-0.3, -0.25) is 13.8 Å². The molecular formula is C12H15NO4S. The molecule has 18 heavy (non-hydrogen) atoms. The average molecular weight is 269 g/mol. The van der Waals surface area contributed by atoms with E-state index in [0.29, 0.717) is 11.1 Å². The minimum absolute atomic E-state index is 0.132. The normalized spacial score (nSPS) is 13.8. The summed E-state index contributed by atoms with van der Waals surface area (Å²) < 4.78 is 11.9. The predicted molar refractivity (Wildman–Crippen MR) is 68.5 cm³/mol. The van der Waals surface area contributed by atoms with E-state index in [2.05, 4.69) is 0 Å². The highest BCUT2D eigenvalue weighted by Gasteiger charge is 2.17. The highest BCUT2D eigenvalue weighted by Crippen LogP contribution is 2.14. The van der Waals surface area contributed by atoms with Crippen LogP contribution in [0.2, 0.25) is 0 Å². The molecule has 0 bridgehead atoms. The number of hydrogen-bond acceptors (Lipinski definition) is 3. The fourth-order valence-corrected chi connectivity index (χ4v) is 2.69. The maximum Gasteiger partial charge on any atom is 0.304 e. The second-order valence-corrected chi connectivity index (χ2v) is 5.81. The second-order valence-electron chi connectivity index (χ2n) is 3.95. The van der Waals surface area contributed by atoms with Crippen LogP contribution in [0.5, 0.6) is 0 Å². The van der Waals surface area contributed by atoms with Crippen molar-refractivity contribution in [2.24, 2.45) is 5.73 Å². The van der Waals surface area contributed by atoms with Crippen LogP contribution in [0.1, 0.15) is 29.3 Å². The van der Waals surface area contributed by atoms with Gasteiger partial charge in [-0.05, 0) is 11.6 Å². The van der Waals surface area contributed by atoms with E-state index in [-0.39, 0.29) is 12.2 Å². The number of nitrogens with two attached hydrogens (primary N) is 1. The molecule has 0 spiro atoms. The topological polar surface area (TPSA) is 97.5 Å². The lowest BCUT2D eigenvalue weighted by Crippen LogP contribution is -2.19. The summed E-state index contributed by atoms with van der Waals surface area (Å²) in [5.74, 6) is -1.43. The van der Waals surface area contributed by atoms with Gasteiger partial charge in [0.15, 0.2) is 0 Å². The number of rotatable bonds is 6. The van der Waals surface area contributed by atoms with Crippen LogP contribution in [-0.2, 0) is 21.3 Å². The standard InChI is InChI=1S/C12H15NO4S/c1-8(6-11(14)15)18(17)7-9-4-2-3-5-10(9)12(13)16/h2-5,8H,6-7H2,1H3,(H2,13,16)(H,14,15). The molecule has 0 radical (unpaired) electrons. The Balaban J connectivity index is 2.82. The quantitative estimate of drug-likeness (QED) is 0.801. The number of carboxylic acids is 1. The summed E-state index contributed by atoms with van der Waals surface area (Å²) in [5.41, 5.74) is 6.13. The van der Waals surface area contributed by atoms with Gasteiger partial charge in [0, 0.05) is 27.4 Å². The summed E-state index contributed by atoms with van der Waals surface area (Å²) >= 11 is 0. The molecule has 3 N–H and O–H groups in total. The third-order valence-electron chi connectivity index (χ3n) is 2.49. The van der Waals surface area contributed by atoms with E-state index in [1.165, 1.54) is 0 Å². The van der Waals surface area contributed by atoms with Crippen molar-refractivity contribution in [2.45, 2.75) is 24.3 Å². The third-order valence-corrected chi connectivity index (χ3v) is 4.15. The number of amides is 1. The Morgan fingerprint density at radius 3 is 2.56 bits per heavy atom. The summed E-state index contributed by atoms with van der Waals surface area (Å²) in [4.78, 5) is 21.7. The van der Waals surface area contributed by atoms with Crippen LogP contribution in [-0.4, -0.2) is 26.4 Å². The van der Waals surface area contributed by atoms with Crippen molar-refractivity contribution in [1.82, 2.24) is 0 Å². The zero-order chi connectivity index (χ0) is 13.7. The van der Waals surface area contributed by atoms with Gasteiger partial charge in [-0.25, -0.2) is 0 Å². The van der Waals surface area contributed by atoms with Crippen LogP contribution < -0.4 is 5.73 Å². The molecule has 0 heterocycles. The zero-order valence-corrected chi connectivity index (χ0v) is 10.8. The van der Waals surface area contributed by atoms with Gasteiger partial charge in [0.05, 0.1) is 6.42 Å². The lowest BCUT2D eigenvalue weighted by Gasteiger charge is -2.10. The summed E-state index contributed by atoms with van der Waals surface area (Å²) in [7, 11) is -1.35. The molecule has 0 aliphatic rings. The first-order chi connectivity index (χ1) is 8.41. The molecule has 1 rings (SSSR count). The molecule has 0 aromatic heterocycles. The number of benzene rings is 1. The lowest BCUT2D eigenvalue weighted by atomic mass is 10.1. The number of hydrogen-bond donors (Lipinski definition) is 2. The van der Waals surface area contributed by atoms with Crippen molar-refractivity contribution in [3.05, 3.63) is 35.4 Å². The summed E-state index contributed by atoms with van der Waals surface area (Å²) in [6, 6.07) is 6.64. The molecule has 0 fully saturated rings. The first kappa shape index (κ1) is 14.4. The molecule has 1 aromatic carbocycles. The van der Waals surface area contributed by atoms with Gasteiger partial charge in [-0.15, -0.1) is 0 Å². The summed E-state index contributed by atoms with van der Waals surface area (Å²) in [6.45, 7) is 1.61. The van der Waals surface area contributed by atoms with E-state index in [1.807, 2.05) is 0 Å². The number of carbonyl (C=O) groups excluding carboxylic acids is 1. The maximum absolute atomic E-state index is 11.9. The molecule has 98 valence electrons. The summed E-state index contributed by atoms with van der Waals surface area (Å²) in [5, 5.41) is 8.16. The van der Waals surface area contributed by atoms with E-state index in [4.69, 9.17) is 10.8 Å².